The number of hydrogen-bond donors (Lipinski definition) is 0. The molecule has 1 heterocycles. The van der Waals surface area contributed by atoms with Crippen molar-refractivity contribution in [3.63, 3.8) is 0 Å². The number of ketones is 1. The molecule has 0 spiro atoms. The molecule has 19 heavy (non-hydrogen) atoms. The van der Waals surface area contributed by atoms with Crippen LogP contribution in [0, 0.1) is 0 Å². The molecule has 1 aliphatic heterocycles. The Kier molecular flexibility index (Phi) is 5.18. The minimum absolute atomic E-state index is 0.0402. The van der Waals surface area contributed by atoms with Crippen LogP contribution in [0.2, 0.25) is 10.0 Å². The number of carbonyl (C=O) groups is 1. The van der Waals surface area contributed by atoms with Crippen LogP contribution in [0.5, 0.6) is 0 Å². The van der Waals surface area contributed by atoms with Gasteiger partial charge in [-0.15, -0.1) is 0 Å². The summed E-state index contributed by atoms with van der Waals surface area (Å²) < 4.78 is 0. The molecule has 0 saturated carbocycles. The molecular weight excluding hydrogens is 301 g/mol. The first-order chi connectivity index (χ1) is 8.99. The second-order valence-corrected chi connectivity index (χ2v) is 7.16. The molecule has 1 aliphatic rings. The van der Waals surface area contributed by atoms with Crippen molar-refractivity contribution in [1.29, 1.82) is 0 Å². The maximum Gasteiger partial charge on any atom is 0.178 e. The quantitative estimate of drug-likeness (QED) is 0.786. The van der Waals surface area contributed by atoms with Gasteiger partial charge in [-0.3, -0.25) is 9.69 Å². The van der Waals surface area contributed by atoms with E-state index >= 15 is 0 Å². The highest BCUT2D eigenvalue weighted by atomic mass is 35.5. The van der Waals surface area contributed by atoms with E-state index in [1.807, 2.05) is 11.8 Å². The van der Waals surface area contributed by atoms with Crippen LogP contribution in [0.25, 0.3) is 0 Å². The van der Waals surface area contributed by atoms with E-state index < -0.39 is 0 Å². The van der Waals surface area contributed by atoms with E-state index in [9.17, 15) is 4.79 Å². The van der Waals surface area contributed by atoms with Crippen LogP contribution in [-0.2, 0) is 0 Å². The molecule has 0 aromatic heterocycles. The Labute approximate surface area is 128 Å². The smallest absolute Gasteiger partial charge is 0.178 e. The first-order valence-corrected chi connectivity index (χ1v) is 8.13. The molecule has 2 atom stereocenters. The summed E-state index contributed by atoms with van der Waals surface area (Å²) in [7, 11) is 0. The zero-order valence-electron chi connectivity index (χ0n) is 11.0. The van der Waals surface area contributed by atoms with Crippen LogP contribution in [0.3, 0.4) is 0 Å². The maximum atomic E-state index is 12.3. The number of benzene rings is 1. The molecule has 2 nitrogen and oxygen atoms in total. The molecule has 1 fully saturated rings. The minimum atomic E-state index is 0.0402. The van der Waals surface area contributed by atoms with Crippen LogP contribution >= 0.6 is 35.0 Å². The van der Waals surface area contributed by atoms with Crippen molar-refractivity contribution >= 4 is 40.7 Å². The van der Waals surface area contributed by atoms with Crippen molar-refractivity contribution in [2.75, 3.05) is 18.8 Å². The molecule has 0 radical (unpaired) electrons. The highest BCUT2D eigenvalue weighted by molar-refractivity contribution is 8.00. The van der Waals surface area contributed by atoms with Crippen molar-refractivity contribution < 1.29 is 4.79 Å². The van der Waals surface area contributed by atoms with Gasteiger partial charge in [0.15, 0.2) is 5.78 Å². The summed E-state index contributed by atoms with van der Waals surface area (Å²) >= 11 is 14.0. The lowest BCUT2D eigenvalue weighted by Crippen LogP contribution is -2.46. The number of Topliss-reactive ketones (excluding diaryl/α,β-unsaturated/α-hetero) is 1. The van der Waals surface area contributed by atoms with Gasteiger partial charge in [0.25, 0.3) is 0 Å². The van der Waals surface area contributed by atoms with E-state index in [1.54, 1.807) is 18.2 Å². The standard InChI is InChI=1S/C14H17Cl2NOS/c1-9-10(2)19-6-5-17(9)8-14(18)12-7-11(15)3-4-13(12)16/h3-4,7,9-10H,5-6,8H2,1-2H3. The molecule has 1 saturated heterocycles. The molecule has 0 N–H and O–H groups in total. The fraction of sp³-hybridized carbons (Fsp3) is 0.500. The van der Waals surface area contributed by atoms with Gasteiger partial charge in [-0.05, 0) is 25.1 Å². The van der Waals surface area contributed by atoms with E-state index in [4.69, 9.17) is 23.2 Å². The summed E-state index contributed by atoms with van der Waals surface area (Å²) in [6.45, 7) is 5.73. The van der Waals surface area contributed by atoms with Crippen LogP contribution in [-0.4, -0.2) is 40.8 Å². The van der Waals surface area contributed by atoms with Crippen LogP contribution in [0.15, 0.2) is 18.2 Å². The number of carbonyl (C=O) groups excluding carboxylic acids is 1. The first kappa shape index (κ1) is 15.2. The molecule has 0 amide bonds. The van der Waals surface area contributed by atoms with Gasteiger partial charge in [0.05, 0.1) is 11.6 Å². The third-order valence-electron chi connectivity index (χ3n) is 3.59. The molecule has 5 heteroatoms. The second-order valence-electron chi connectivity index (χ2n) is 4.83. The normalized spacial score (nSPS) is 24.4. The highest BCUT2D eigenvalue weighted by Crippen LogP contribution is 2.26. The van der Waals surface area contributed by atoms with Gasteiger partial charge in [0, 0.05) is 34.2 Å². The lowest BCUT2D eigenvalue weighted by atomic mass is 10.1. The number of nitrogens with zero attached hydrogens (tertiary/aromatic N) is 1. The fourth-order valence-corrected chi connectivity index (χ4v) is 3.76. The molecule has 0 bridgehead atoms. The predicted molar refractivity (Wildman–Crippen MR) is 83.7 cm³/mol. The number of hydrogen-bond acceptors (Lipinski definition) is 3. The summed E-state index contributed by atoms with van der Waals surface area (Å²) in [6.07, 6.45) is 0. The third-order valence-corrected chi connectivity index (χ3v) is 5.49. The Morgan fingerprint density at radius 1 is 1.42 bits per heavy atom. The monoisotopic (exact) mass is 317 g/mol. The summed E-state index contributed by atoms with van der Waals surface area (Å²) in [5, 5.41) is 1.57. The number of halogens is 2. The zero-order chi connectivity index (χ0) is 14.0. The first-order valence-electron chi connectivity index (χ1n) is 6.33. The lowest BCUT2D eigenvalue weighted by molar-refractivity contribution is 0.0902. The SMILES string of the molecule is CC1SCCN(CC(=O)c2cc(Cl)ccc2Cl)C1C. The molecule has 1 aromatic carbocycles. The Morgan fingerprint density at radius 2 is 2.16 bits per heavy atom. The Balaban J connectivity index is 2.10. The number of rotatable bonds is 3. The van der Waals surface area contributed by atoms with Crippen LogP contribution < -0.4 is 0 Å². The van der Waals surface area contributed by atoms with Crippen LogP contribution in [0.4, 0.5) is 0 Å². The largest absolute Gasteiger partial charge is 0.293 e. The predicted octanol–water partition coefficient (Wildman–Crippen LogP) is 4.00. The van der Waals surface area contributed by atoms with Gasteiger partial charge >= 0.3 is 0 Å². The molecular formula is C14H17Cl2NOS. The molecule has 2 unspecified atom stereocenters. The Hall–Kier alpha value is -0.220. The Morgan fingerprint density at radius 3 is 2.89 bits per heavy atom. The highest BCUT2D eigenvalue weighted by Gasteiger charge is 2.27. The van der Waals surface area contributed by atoms with E-state index in [0.717, 1.165) is 12.3 Å². The summed E-state index contributed by atoms with van der Waals surface area (Å²) in [6, 6.07) is 5.43. The van der Waals surface area contributed by atoms with Crippen LogP contribution in [0.1, 0.15) is 24.2 Å². The number of thioether (sulfide) groups is 1. The van der Waals surface area contributed by atoms with Gasteiger partial charge < -0.3 is 0 Å². The minimum Gasteiger partial charge on any atom is -0.293 e. The zero-order valence-corrected chi connectivity index (χ0v) is 13.4. The van der Waals surface area contributed by atoms with Crippen molar-refractivity contribution in [3.8, 4) is 0 Å². The molecule has 0 aliphatic carbocycles. The van der Waals surface area contributed by atoms with Gasteiger partial charge in [-0.2, -0.15) is 11.8 Å². The van der Waals surface area contributed by atoms with Crippen molar-refractivity contribution in [2.45, 2.75) is 25.1 Å². The average Bonchev–Trinajstić information content (AvgIpc) is 2.38. The summed E-state index contributed by atoms with van der Waals surface area (Å²) in [4.78, 5) is 14.6. The van der Waals surface area contributed by atoms with E-state index in [2.05, 4.69) is 18.7 Å². The van der Waals surface area contributed by atoms with Gasteiger partial charge in [0.1, 0.15) is 0 Å². The summed E-state index contributed by atoms with van der Waals surface area (Å²) in [5.74, 6) is 1.11. The topological polar surface area (TPSA) is 20.3 Å². The molecule has 104 valence electrons. The Bertz CT molecular complexity index is 481. The fourth-order valence-electron chi connectivity index (χ4n) is 2.20. The van der Waals surface area contributed by atoms with Crippen molar-refractivity contribution in [1.82, 2.24) is 4.90 Å². The van der Waals surface area contributed by atoms with Gasteiger partial charge in [-0.1, -0.05) is 30.1 Å². The van der Waals surface area contributed by atoms with E-state index in [0.29, 0.717) is 33.4 Å². The third kappa shape index (κ3) is 3.66. The van der Waals surface area contributed by atoms with E-state index in [1.165, 1.54) is 0 Å². The maximum absolute atomic E-state index is 12.3. The second kappa shape index (κ2) is 6.49. The van der Waals surface area contributed by atoms with E-state index in [-0.39, 0.29) is 5.78 Å². The van der Waals surface area contributed by atoms with Crippen molar-refractivity contribution in [3.05, 3.63) is 33.8 Å². The lowest BCUT2D eigenvalue weighted by Gasteiger charge is -2.37. The van der Waals surface area contributed by atoms with Gasteiger partial charge in [0.2, 0.25) is 0 Å². The van der Waals surface area contributed by atoms with Crippen molar-refractivity contribution in [2.24, 2.45) is 0 Å². The summed E-state index contributed by atoms with van der Waals surface area (Å²) in [5.41, 5.74) is 0.521. The molecule has 1 aromatic rings. The molecule has 2 rings (SSSR count). The average molecular weight is 318 g/mol. The van der Waals surface area contributed by atoms with Gasteiger partial charge in [-0.25, -0.2) is 0 Å².